The molecule has 1 N–H and O–H groups in total. The van der Waals surface area contributed by atoms with Crippen LogP contribution >= 0.6 is 0 Å². The lowest BCUT2D eigenvalue weighted by Gasteiger charge is -2.33. The van der Waals surface area contributed by atoms with Gasteiger partial charge < -0.3 is 15.0 Å². The number of nitrogens with one attached hydrogen (secondary N) is 1. The molecule has 1 saturated heterocycles. The van der Waals surface area contributed by atoms with Crippen LogP contribution in [-0.4, -0.2) is 43.1 Å². The van der Waals surface area contributed by atoms with Crippen LogP contribution in [0, 0.1) is 12.8 Å². The Kier molecular flexibility index (Phi) is 5.43. The fourth-order valence-corrected chi connectivity index (χ4v) is 3.06. The number of anilines is 1. The van der Waals surface area contributed by atoms with E-state index >= 15 is 0 Å². The van der Waals surface area contributed by atoms with Crippen LogP contribution in [0.4, 0.5) is 5.82 Å². The Bertz CT molecular complexity index is 430. The van der Waals surface area contributed by atoms with Gasteiger partial charge >= 0.3 is 0 Å². The normalized spacial score (nSPS) is 19.6. The Balaban J connectivity index is 2.10. The predicted molar refractivity (Wildman–Crippen MR) is 82.1 cm³/mol. The molecular formula is C15H28N4O. The number of aromatic nitrogens is 2. The number of methoxy groups -OCH3 is 1. The van der Waals surface area contributed by atoms with Gasteiger partial charge in [-0.2, -0.15) is 5.10 Å². The van der Waals surface area contributed by atoms with E-state index in [2.05, 4.69) is 36.2 Å². The highest BCUT2D eigenvalue weighted by molar-refractivity contribution is 5.50. The molecule has 1 aliphatic heterocycles. The summed E-state index contributed by atoms with van der Waals surface area (Å²) in [6.45, 7) is 9.22. The molecule has 1 atom stereocenters. The zero-order valence-electron chi connectivity index (χ0n) is 13.3. The lowest BCUT2D eigenvalue weighted by atomic mass is 10.00. The molecule has 0 radical (unpaired) electrons. The van der Waals surface area contributed by atoms with Gasteiger partial charge in [0.2, 0.25) is 0 Å². The summed E-state index contributed by atoms with van der Waals surface area (Å²) in [5.74, 6) is 2.06. The maximum Gasteiger partial charge on any atom is 0.131 e. The summed E-state index contributed by atoms with van der Waals surface area (Å²) in [5, 5.41) is 8.06. The fraction of sp³-hybridized carbons (Fsp3) is 0.800. The van der Waals surface area contributed by atoms with Crippen molar-refractivity contribution in [2.24, 2.45) is 13.0 Å². The summed E-state index contributed by atoms with van der Waals surface area (Å²) in [6, 6.07) is 0. The molecule has 0 saturated carbocycles. The Labute approximate surface area is 122 Å². The minimum Gasteiger partial charge on any atom is -0.383 e. The summed E-state index contributed by atoms with van der Waals surface area (Å²) >= 11 is 0. The third-order valence-corrected chi connectivity index (χ3v) is 4.05. The van der Waals surface area contributed by atoms with Crippen LogP contribution < -0.4 is 10.2 Å². The van der Waals surface area contributed by atoms with Crippen molar-refractivity contribution in [3.8, 4) is 0 Å². The lowest BCUT2D eigenvalue weighted by molar-refractivity contribution is 0.199. The molecule has 1 aliphatic rings. The van der Waals surface area contributed by atoms with Crippen LogP contribution in [0.2, 0.25) is 0 Å². The molecule has 114 valence electrons. The molecule has 0 aliphatic carbocycles. The van der Waals surface area contributed by atoms with E-state index in [9.17, 15) is 0 Å². The van der Waals surface area contributed by atoms with Crippen molar-refractivity contribution in [3.63, 3.8) is 0 Å². The molecule has 0 amide bonds. The molecule has 1 aromatic heterocycles. The van der Waals surface area contributed by atoms with Crippen LogP contribution in [0.1, 0.15) is 31.0 Å². The minimum atomic E-state index is 0.745. The van der Waals surface area contributed by atoms with Gasteiger partial charge in [0.1, 0.15) is 5.82 Å². The van der Waals surface area contributed by atoms with Crippen molar-refractivity contribution in [2.75, 3.05) is 38.3 Å². The van der Waals surface area contributed by atoms with E-state index in [0.717, 1.165) is 44.4 Å². The molecule has 5 heteroatoms. The van der Waals surface area contributed by atoms with Crippen LogP contribution in [0.25, 0.3) is 0 Å². The van der Waals surface area contributed by atoms with Gasteiger partial charge in [-0.3, -0.25) is 4.68 Å². The van der Waals surface area contributed by atoms with Gasteiger partial charge in [-0.1, -0.05) is 6.92 Å². The van der Waals surface area contributed by atoms with Crippen molar-refractivity contribution >= 4 is 5.82 Å². The smallest absolute Gasteiger partial charge is 0.131 e. The number of piperidine rings is 1. The highest BCUT2D eigenvalue weighted by atomic mass is 16.5. The summed E-state index contributed by atoms with van der Waals surface area (Å²) < 4.78 is 7.12. The molecule has 1 unspecified atom stereocenters. The molecule has 5 nitrogen and oxygen atoms in total. The lowest BCUT2D eigenvalue weighted by Crippen LogP contribution is -2.36. The van der Waals surface area contributed by atoms with E-state index in [1.807, 2.05) is 4.68 Å². The molecule has 0 bridgehead atoms. The van der Waals surface area contributed by atoms with Crippen molar-refractivity contribution in [1.82, 2.24) is 15.1 Å². The molecule has 1 fully saturated rings. The van der Waals surface area contributed by atoms with Crippen molar-refractivity contribution < 1.29 is 4.74 Å². The highest BCUT2D eigenvalue weighted by Crippen LogP contribution is 2.27. The highest BCUT2D eigenvalue weighted by Gasteiger charge is 2.23. The summed E-state index contributed by atoms with van der Waals surface area (Å²) in [7, 11) is 3.79. The van der Waals surface area contributed by atoms with E-state index in [0.29, 0.717) is 0 Å². The topological polar surface area (TPSA) is 42.3 Å². The van der Waals surface area contributed by atoms with E-state index in [4.69, 9.17) is 4.74 Å². The third kappa shape index (κ3) is 3.52. The summed E-state index contributed by atoms with van der Waals surface area (Å²) in [5.41, 5.74) is 2.46. The minimum absolute atomic E-state index is 0.745. The number of aryl methyl sites for hydroxylation is 2. The molecule has 20 heavy (non-hydrogen) atoms. The second kappa shape index (κ2) is 7.09. The maximum atomic E-state index is 5.08. The molecule has 1 aromatic rings. The molecule has 0 spiro atoms. The van der Waals surface area contributed by atoms with Crippen LogP contribution in [-0.2, 0) is 18.3 Å². The standard InChI is InChI=1S/C15H28N4O/c1-12-6-5-8-19(11-12)15-14(10-16-7-9-20-4)13(2)17-18(15)3/h12,16H,5-11H2,1-4H3. The number of hydrogen-bond acceptors (Lipinski definition) is 4. The SMILES string of the molecule is COCCNCc1c(C)nn(C)c1N1CCCC(C)C1. The van der Waals surface area contributed by atoms with E-state index in [1.165, 1.54) is 24.2 Å². The molecule has 2 rings (SSSR count). The summed E-state index contributed by atoms with van der Waals surface area (Å²) in [6.07, 6.45) is 2.62. The van der Waals surface area contributed by atoms with Crippen LogP contribution in [0.3, 0.4) is 0 Å². The largest absolute Gasteiger partial charge is 0.383 e. The average molecular weight is 280 g/mol. The Morgan fingerprint density at radius 2 is 2.25 bits per heavy atom. The average Bonchev–Trinajstić information content (AvgIpc) is 2.69. The van der Waals surface area contributed by atoms with E-state index in [1.54, 1.807) is 7.11 Å². The van der Waals surface area contributed by atoms with Gasteiger partial charge in [0.15, 0.2) is 0 Å². The third-order valence-electron chi connectivity index (χ3n) is 4.05. The maximum absolute atomic E-state index is 5.08. The fourth-order valence-electron chi connectivity index (χ4n) is 3.06. The Morgan fingerprint density at radius 1 is 1.45 bits per heavy atom. The Morgan fingerprint density at radius 3 is 2.95 bits per heavy atom. The molecule has 2 heterocycles. The first-order valence-corrected chi connectivity index (χ1v) is 7.60. The second-order valence-corrected chi connectivity index (χ2v) is 5.87. The number of nitrogens with zero attached hydrogens (tertiary/aromatic N) is 3. The number of ether oxygens (including phenoxy) is 1. The first kappa shape index (κ1) is 15.3. The summed E-state index contributed by atoms with van der Waals surface area (Å²) in [4.78, 5) is 2.50. The van der Waals surface area contributed by atoms with Gasteiger partial charge in [-0.15, -0.1) is 0 Å². The van der Waals surface area contributed by atoms with Crippen molar-refractivity contribution in [1.29, 1.82) is 0 Å². The van der Waals surface area contributed by atoms with Gasteiger partial charge in [0.05, 0.1) is 12.3 Å². The number of hydrogen-bond donors (Lipinski definition) is 1. The quantitative estimate of drug-likeness (QED) is 0.806. The molecular weight excluding hydrogens is 252 g/mol. The number of rotatable bonds is 6. The van der Waals surface area contributed by atoms with Gasteiger partial charge in [-0.05, 0) is 25.7 Å². The first-order valence-electron chi connectivity index (χ1n) is 7.60. The van der Waals surface area contributed by atoms with E-state index in [-0.39, 0.29) is 0 Å². The van der Waals surface area contributed by atoms with Crippen molar-refractivity contribution in [3.05, 3.63) is 11.3 Å². The van der Waals surface area contributed by atoms with Gasteiger partial charge in [-0.25, -0.2) is 0 Å². The van der Waals surface area contributed by atoms with E-state index < -0.39 is 0 Å². The first-order chi connectivity index (χ1) is 9.63. The van der Waals surface area contributed by atoms with Crippen LogP contribution in [0.15, 0.2) is 0 Å². The molecule has 0 aromatic carbocycles. The van der Waals surface area contributed by atoms with Gasteiger partial charge in [0.25, 0.3) is 0 Å². The zero-order chi connectivity index (χ0) is 14.5. The Hall–Kier alpha value is -1.07. The van der Waals surface area contributed by atoms with Crippen molar-refractivity contribution in [2.45, 2.75) is 33.2 Å². The predicted octanol–water partition coefficient (Wildman–Crippen LogP) is 1.70. The van der Waals surface area contributed by atoms with Crippen LogP contribution in [0.5, 0.6) is 0 Å². The van der Waals surface area contributed by atoms with Gasteiger partial charge in [0, 0.05) is 45.9 Å². The monoisotopic (exact) mass is 280 g/mol. The second-order valence-electron chi connectivity index (χ2n) is 5.87. The zero-order valence-corrected chi connectivity index (χ0v) is 13.3.